The minimum absolute atomic E-state index is 0.0488. The average Bonchev–Trinajstić information content (AvgIpc) is 2.42. The molecular formula is C15H11ClF2O2. The van der Waals surface area contributed by atoms with Crippen LogP contribution in [0.3, 0.4) is 0 Å². The van der Waals surface area contributed by atoms with Gasteiger partial charge in [-0.1, -0.05) is 17.7 Å². The van der Waals surface area contributed by atoms with Gasteiger partial charge in [-0.15, -0.1) is 0 Å². The zero-order chi connectivity index (χ0) is 14.7. The highest BCUT2D eigenvalue weighted by molar-refractivity contribution is 6.32. The summed E-state index contributed by atoms with van der Waals surface area (Å²) in [5, 5.41) is 0.383. The minimum atomic E-state index is -1.07. The maximum Gasteiger partial charge on any atom is 0.200 e. The van der Waals surface area contributed by atoms with Crippen molar-refractivity contribution in [3.8, 4) is 5.75 Å². The van der Waals surface area contributed by atoms with E-state index in [4.69, 9.17) is 16.3 Å². The SMILES string of the molecule is Cc1ccc(Cl)c(OCC(=O)c2ccc(F)c(F)c2)c1. The van der Waals surface area contributed by atoms with Gasteiger partial charge in [0.1, 0.15) is 5.75 Å². The van der Waals surface area contributed by atoms with Gasteiger partial charge in [0.25, 0.3) is 0 Å². The van der Waals surface area contributed by atoms with Crippen LogP contribution in [0.15, 0.2) is 36.4 Å². The molecule has 0 N–H and O–H groups in total. The van der Waals surface area contributed by atoms with Crippen LogP contribution >= 0.6 is 11.6 Å². The number of benzene rings is 2. The van der Waals surface area contributed by atoms with Crippen LogP contribution in [-0.4, -0.2) is 12.4 Å². The number of Topliss-reactive ketones (excluding diaryl/α,β-unsaturated/α-hetero) is 1. The maximum absolute atomic E-state index is 13.0. The molecule has 2 rings (SSSR count). The topological polar surface area (TPSA) is 26.3 Å². The van der Waals surface area contributed by atoms with Gasteiger partial charge in [-0.05, 0) is 42.8 Å². The lowest BCUT2D eigenvalue weighted by atomic mass is 10.1. The van der Waals surface area contributed by atoms with E-state index in [2.05, 4.69) is 0 Å². The van der Waals surface area contributed by atoms with E-state index >= 15 is 0 Å². The molecule has 0 amide bonds. The predicted molar refractivity (Wildman–Crippen MR) is 72.4 cm³/mol. The fourth-order valence-electron chi connectivity index (χ4n) is 1.62. The van der Waals surface area contributed by atoms with Gasteiger partial charge in [0.2, 0.25) is 0 Å². The van der Waals surface area contributed by atoms with Gasteiger partial charge >= 0.3 is 0 Å². The van der Waals surface area contributed by atoms with Crippen molar-refractivity contribution < 1.29 is 18.3 Å². The summed E-state index contributed by atoms with van der Waals surface area (Å²) < 4.78 is 31.1. The normalized spacial score (nSPS) is 10.4. The van der Waals surface area contributed by atoms with Crippen LogP contribution in [0.4, 0.5) is 8.78 Å². The third kappa shape index (κ3) is 3.33. The van der Waals surface area contributed by atoms with E-state index in [1.165, 1.54) is 6.07 Å². The second-order valence-corrected chi connectivity index (χ2v) is 4.68. The third-order valence-electron chi connectivity index (χ3n) is 2.69. The number of ketones is 1. The first-order valence-corrected chi connectivity index (χ1v) is 6.22. The third-order valence-corrected chi connectivity index (χ3v) is 3.00. The minimum Gasteiger partial charge on any atom is -0.484 e. The molecule has 0 saturated carbocycles. The van der Waals surface area contributed by atoms with Crippen LogP contribution in [0, 0.1) is 18.6 Å². The van der Waals surface area contributed by atoms with Crippen LogP contribution < -0.4 is 4.74 Å². The van der Waals surface area contributed by atoms with Gasteiger partial charge in [-0.25, -0.2) is 8.78 Å². The largest absolute Gasteiger partial charge is 0.484 e. The van der Waals surface area contributed by atoms with E-state index < -0.39 is 17.4 Å². The Balaban J connectivity index is 2.08. The molecule has 20 heavy (non-hydrogen) atoms. The van der Waals surface area contributed by atoms with E-state index in [9.17, 15) is 13.6 Å². The lowest BCUT2D eigenvalue weighted by Crippen LogP contribution is -2.12. The van der Waals surface area contributed by atoms with Gasteiger partial charge in [0.15, 0.2) is 24.0 Å². The Morgan fingerprint density at radius 1 is 1.15 bits per heavy atom. The second-order valence-electron chi connectivity index (χ2n) is 4.27. The first kappa shape index (κ1) is 14.5. The Morgan fingerprint density at radius 2 is 1.90 bits per heavy atom. The Hall–Kier alpha value is -1.94. The summed E-state index contributed by atoms with van der Waals surface area (Å²) in [5.74, 6) is -2.14. The zero-order valence-electron chi connectivity index (χ0n) is 10.6. The van der Waals surface area contributed by atoms with Gasteiger partial charge in [0, 0.05) is 5.56 Å². The Labute approximate surface area is 119 Å². The summed E-state index contributed by atoms with van der Waals surface area (Å²) in [4.78, 5) is 11.8. The fraction of sp³-hybridized carbons (Fsp3) is 0.133. The number of halogens is 3. The van der Waals surface area contributed by atoms with Gasteiger partial charge in [-0.2, -0.15) is 0 Å². The van der Waals surface area contributed by atoms with Gasteiger partial charge in [0.05, 0.1) is 5.02 Å². The highest BCUT2D eigenvalue weighted by atomic mass is 35.5. The van der Waals surface area contributed by atoms with Crippen molar-refractivity contribution in [3.05, 3.63) is 64.2 Å². The highest BCUT2D eigenvalue weighted by Gasteiger charge is 2.11. The molecule has 0 spiro atoms. The first-order valence-electron chi connectivity index (χ1n) is 5.84. The average molecular weight is 297 g/mol. The molecule has 2 aromatic rings. The number of aryl methyl sites for hydroxylation is 1. The van der Waals surface area contributed by atoms with Crippen molar-refractivity contribution in [2.45, 2.75) is 6.92 Å². The van der Waals surface area contributed by atoms with Crippen LogP contribution in [-0.2, 0) is 0 Å². The molecule has 0 saturated heterocycles. The number of hydrogen-bond acceptors (Lipinski definition) is 2. The predicted octanol–water partition coefficient (Wildman–Crippen LogP) is 4.19. The molecule has 0 heterocycles. The molecule has 2 nitrogen and oxygen atoms in total. The summed E-state index contributed by atoms with van der Waals surface area (Å²) in [6, 6.07) is 8.13. The summed E-state index contributed by atoms with van der Waals surface area (Å²) >= 11 is 5.93. The molecular weight excluding hydrogens is 286 g/mol. The molecule has 2 aromatic carbocycles. The van der Waals surface area contributed by atoms with E-state index in [1.807, 2.05) is 13.0 Å². The number of carbonyl (C=O) groups excluding carboxylic acids is 1. The fourth-order valence-corrected chi connectivity index (χ4v) is 1.79. The van der Waals surface area contributed by atoms with E-state index in [1.54, 1.807) is 12.1 Å². The van der Waals surface area contributed by atoms with Crippen LogP contribution in [0.2, 0.25) is 5.02 Å². The van der Waals surface area contributed by atoms with E-state index in [0.29, 0.717) is 10.8 Å². The summed E-state index contributed by atoms with van der Waals surface area (Å²) in [5.41, 5.74) is 0.984. The van der Waals surface area contributed by atoms with Crippen molar-refractivity contribution in [2.24, 2.45) is 0 Å². The Kier molecular flexibility index (Phi) is 4.35. The van der Waals surface area contributed by atoms with Crippen molar-refractivity contribution in [2.75, 3.05) is 6.61 Å². The molecule has 104 valence electrons. The lowest BCUT2D eigenvalue weighted by Gasteiger charge is -2.08. The molecule has 0 aromatic heterocycles. The van der Waals surface area contributed by atoms with Crippen LogP contribution in [0.5, 0.6) is 5.75 Å². The van der Waals surface area contributed by atoms with Gasteiger partial charge < -0.3 is 4.74 Å². The molecule has 5 heteroatoms. The van der Waals surface area contributed by atoms with Crippen molar-refractivity contribution >= 4 is 17.4 Å². The molecule has 0 unspecified atom stereocenters. The summed E-state index contributed by atoms with van der Waals surface area (Å²) in [7, 11) is 0. The van der Waals surface area contributed by atoms with Crippen molar-refractivity contribution in [1.82, 2.24) is 0 Å². The zero-order valence-corrected chi connectivity index (χ0v) is 11.4. The first-order chi connectivity index (χ1) is 9.47. The molecule has 0 aliphatic carbocycles. The molecule has 0 atom stereocenters. The molecule has 0 aliphatic rings. The standard InChI is InChI=1S/C15H11ClF2O2/c1-9-2-4-11(16)15(6-9)20-8-14(19)10-3-5-12(17)13(18)7-10/h2-7H,8H2,1H3. The monoisotopic (exact) mass is 296 g/mol. The quantitative estimate of drug-likeness (QED) is 0.791. The van der Waals surface area contributed by atoms with Gasteiger partial charge in [-0.3, -0.25) is 4.79 Å². The number of rotatable bonds is 4. The Bertz CT molecular complexity index is 656. The molecule has 0 bridgehead atoms. The van der Waals surface area contributed by atoms with E-state index in [0.717, 1.165) is 17.7 Å². The van der Waals surface area contributed by atoms with Crippen LogP contribution in [0.25, 0.3) is 0 Å². The highest BCUT2D eigenvalue weighted by Crippen LogP contribution is 2.25. The number of hydrogen-bond donors (Lipinski definition) is 0. The van der Waals surface area contributed by atoms with Crippen LogP contribution in [0.1, 0.15) is 15.9 Å². The molecule has 0 radical (unpaired) electrons. The summed E-state index contributed by atoms with van der Waals surface area (Å²) in [6.45, 7) is 1.56. The van der Waals surface area contributed by atoms with Crippen molar-refractivity contribution in [1.29, 1.82) is 0 Å². The lowest BCUT2D eigenvalue weighted by molar-refractivity contribution is 0.0921. The summed E-state index contributed by atoms with van der Waals surface area (Å²) in [6.07, 6.45) is 0. The number of ether oxygens (including phenoxy) is 1. The molecule has 0 aliphatic heterocycles. The van der Waals surface area contributed by atoms with Crippen molar-refractivity contribution in [3.63, 3.8) is 0 Å². The van der Waals surface area contributed by atoms with E-state index in [-0.39, 0.29) is 12.2 Å². The Morgan fingerprint density at radius 3 is 2.60 bits per heavy atom. The molecule has 0 fully saturated rings. The second kappa shape index (κ2) is 6.01. The smallest absolute Gasteiger partial charge is 0.200 e. The number of carbonyl (C=O) groups is 1. The maximum atomic E-state index is 13.0.